The van der Waals surface area contributed by atoms with Crippen LogP contribution in [0.25, 0.3) is 0 Å². The Balaban J connectivity index is 2.87. The SMILES string of the molecule is CC1CC(C)CC(S(=O)(=O)C(C)C(=O)O)C1. The number of hydrogen-bond donors (Lipinski definition) is 1. The van der Waals surface area contributed by atoms with Crippen LogP contribution in [0.5, 0.6) is 0 Å². The Morgan fingerprint density at radius 1 is 1.19 bits per heavy atom. The lowest BCUT2D eigenvalue weighted by Crippen LogP contribution is -2.39. The highest BCUT2D eigenvalue weighted by molar-refractivity contribution is 7.93. The summed E-state index contributed by atoms with van der Waals surface area (Å²) in [5, 5.41) is 7.04. The highest BCUT2D eigenvalue weighted by Crippen LogP contribution is 2.33. The quantitative estimate of drug-likeness (QED) is 0.825. The fourth-order valence-electron chi connectivity index (χ4n) is 2.57. The van der Waals surface area contributed by atoms with Crippen molar-refractivity contribution in [2.24, 2.45) is 11.8 Å². The van der Waals surface area contributed by atoms with E-state index >= 15 is 0 Å². The summed E-state index contributed by atoms with van der Waals surface area (Å²) >= 11 is 0. The van der Waals surface area contributed by atoms with Crippen molar-refractivity contribution in [3.8, 4) is 0 Å². The average molecular weight is 248 g/mol. The monoisotopic (exact) mass is 248 g/mol. The fraction of sp³-hybridized carbons (Fsp3) is 0.909. The Kier molecular flexibility index (Phi) is 3.99. The zero-order valence-electron chi connectivity index (χ0n) is 10.0. The molecule has 1 aliphatic rings. The molecule has 4 nitrogen and oxygen atoms in total. The van der Waals surface area contributed by atoms with Gasteiger partial charge >= 0.3 is 5.97 Å². The lowest BCUT2D eigenvalue weighted by molar-refractivity contribution is -0.136. The van der Waals surface area contributed by atoms with Crippen LogP contribution in [0.2, 0.25) is 0 Å². The van der Waals surface area contributed by atoms with E-state index in [0.717, 1.165) is 6.42 Å². The first kappa shape index (κ1) is 13.5. The van der Waals surface area contributed by atoms with E-state index in [2.05, 4.69) is 0 Å². The highest BCUT2D eigenvalue weighted by atomic mass is 32.2. The fourth-order valence-corrected chi connectivity index (χ4v) is 4.62. The molecule has 0 saturated heterocycles. The van der Waals surface area contributed by atoms with E-state index in [-0.39, 0.29) is 0 Å². The molecule has 0 spiro atoms. The molecule has 0 aromatic heterocycles. The van der Waals surface area contributed by atoms with E-state index in [1.54, 1.807) is 0 Å². The summed E-state index contributed by atoms with van der Waals surface area (Å²) in [6, 6.07) is 0. The smallest absolute Gasteiger partial charge is 0.321 e. The molecule has 0 aromatic rings. The maximum atomic E-state index is 12.0. The van der Waals surface area contributed by atoms with Crippen molar-refractivity contribution in [3.05, 3.63) is 0 Å². The molecule has 0 aliphatic heterocycles. The molecule has 0 amide bonds. The van der Waals surface area contributed by atoms with E-state index < -0.39 is 26.3 Å². The Labute approximate surface area is 97.0 Å². The van der Waals surface area contributed by atoms with Gasteiger partial charge in [-0.05, 0) is 38.0 Å². The van der Waals surface area contributed by atoms with Crippen molar-refractivity contribution in [1.82, 2.24) is 0 Å². The molecule has 5 heteroatoms. The first-order chi connectivity index (χ1) is 7.25. The van der Waals surface area contributed by atoms with E-state index in [9.17, 15) is 13.2 Å². The topological polar surface area (TPSA) is 71.4 Å². The van der Waals surface area contributed by atoms with Crippen molar-refractivity contribution < 1.29 is 18.3 Å². The van der Waals surface area contributed by atoms with Gasteiger partial charge in [-0.1, -0.05) is 13.8 Å². The molecule has 16 heavy (non-hydrogen) atoms. The standard InChI is InChI=1S/C11H20O4S/c1-7-4-8(2)6-10(5-7)16(14,15)9(3)11(12)13/h7-10H,4-6H2,1-3H3,(H,12,13). The maximum Gasteiger partial charge on any atom is 0.321 e. The van der Waals surface area contributed by atoms with Crippen molar-refractivity contribution in [2.75, 3.05) is 0 Å². The number of carbonyl (C=O) groups is 1. The molecule has 1 rings (SSSR count). The summed E-state index contributed by atoms with van der Waals surface area (Å²) in [5.74, 6) is -0.514. The molecule has 1 N–H and O–H groups in total. The lowest BCUT2D eigenvalue weighted by atomic mass is 9.83. The molecule has 1 aliphatic carbocycles. The first-order valence-corrected chi connectivity index (χ1v) is 7.31. The number of hydrogen-bond acceptors (Lipinski definition) is 3. The van der Waals surface area contributed by atoms with Crippen LogP contribution in [-0.4, -0.2) is 30.0 Å². The van der Waals surface area contributed by atoms with E-state index in [0.29, 0.717) is 24.7 Å². The van der Waals surface area contributed by atoms with Gasteiger partial charge in [0.1, 0.15) is 0 Å². The minimum Gasteiger partial charge on any atom is -0.480 e. The number of carboxylic acids is 1. The average Bonchev–Trinajstić information content (AvgIpc) is 2.14. The Bertz CT molecular complexity index is 350. The minimum absolute atomic E-state index is 0.365. The van der Waals surface area contributed by atoms with Gasteiger partial charge in [-0.25, -0.2) is 8.42 Å². The molecule has 0 heterocycles. The second-order valence-electron chi connectivity index (χ2n) is 5.11. The summed E-state index contributed by atoms with van der Waals surface area (Å²) in [6.07, 6.45) is 2.24. The van der Waals surface area contributed by atoms with Gasteiger partial charge in [0.2, 0.25) is 0 Å². The van der Waals surface area contributed by atoms with Crippen LogP contribution in [0.15, 0.2) is 0 Å². The number of rotatable bonds is 3. The van der Waals surface area contributed by atoms with Crippen LogP contribution in [0.1, 0.15) is 40.0 Å². The van der Waals surface area contributed by atoms with Crippen molar-refractivity contribution in [3.63, 3.8) is 0 Å². The van der Waals surface area contributed by atoms with Crippen LogP contribution in [0.3, 0.4) is 0 Å². The zero-order chi connectivity index (χ0) is 12.5. The van der Waals surface area contributed by atoms with Crippen LogP contribution in [0, 0.1) is 11.8 Å². The van der Waals surface area contributed by atoms with Gasteiger partial charge in [-0.3, -0.25) is 4.79 Å². The summed E-state index contributed by atoms with van der Waals surface area (Å²) in [5.41, 5.74) is 0. The Hall–Kier alpha value is -0.580. The van der Waals surface area contributed by atoms with Crippen molar-refractivity contribution in [2.45, 2.75) is 50.5 Å². The van der Waals surface area contributed by atoms with E-state index in [1.165, 1.54) is 6.92 Å². The lowest BCUT2D eigenvalue weighted by Gasteiger charge is -2.31. The molecule has 3 atom stereocenters. The Morgan fingerprint density at radius 2 is 1.62 bits per heavy atom. The maximum absolute atomic E-state index is 12.0. The van der Waals surface area contributed by atoms with Gasteiger partial charge in [0, 0.05) is 0 Å². The first-order valence-electron chi connectivity index (χ1n) is 5.70. The number of aliphatic carboxylic acids is 1. The molecule has 1 fully saturated rings. The summed E-state index contributed by atoms with van der Waals surface area (Å²) in [6.45, 7) is 5.33. The third-order valence-corrected chi connectivity index (χ3v) is 5.94. The van der Waals surface area contributed by atoms with Gasteiger partial charge in [-0.2, -0.15) is 0 Å². The predicted octanol–water partition coefficient (Wildman–Crippen LogP) is 1.70. The molecule has 3 unspecified atom stereocenters. The third-order valence-electron chi connectivity index (χ3n) is 3.44. The second-order valence-corrected chi connectivity index (χ2v) is 7.66. The van der Waals surface area contributed by atoms with Crippen LogP contribution in [0.4, 0.5) is 0 Å². The summed E-state index contributed by atoms with van der Waals surface area (Å²) < 4.78 is 24.1. The molecular formula is C11H20O4S. The largest absolute Gasteiger partial charge is 0.480 e. The second kappa shape index (κ2) is 4.73. The minimum atomic E-state index is -3.53. The Morgan fingerprint density at radius 3 is 2.00 bits per heavy atom. The number of carboxylic acid groups (broad SMARTS) is 1. The van der Waals surface area contributed by atoms with Crippen LogP contribution >= 0.6 is 0 Å². The van der Waals surface area contributed by atoms with Crippen molar-refractivity contribution >= 4 is 15.8 Å². The van der Waals surface area contributed by atoms with Crippen molar-refractivity contribution in [1.29, 1.82) is 0 Å². The molecule has 0 radical (unpaired) electrons. The summed E-state index contributed by atoms with van der Waals surface area (Å²) in [7, 11) is -3.53. The number of sulfone groups is 1. The third kappa shape index (κ3) is 2.75. The van der Waals surface area contributed by atoms with E-state index in [1.807, 2.05) is 13.8 Å². The molecule has 0 bridgehead atoms. The summed E-state index contributed by atoms with van der Waals surface area (Å²) in [4.78, 5) is 10.8. The van der Waals surface area contributed by atoms with Gasteiger partial charge in [0.15, 0.2) is 15.1 Å². The van der Waals surface area contributed by atoms with Gasteiger partial charge < -0.3 is 5.11 Å². The predicted molar refractivity (Wildman–Crippen MR) is 62.0 cm³/mol. The molecule has 0 aromatic carbocycles. The zero-order valence-corrected chi connectivity index (χ0v) is 10.8. The van der Waals surface area contributed by atoms with Gasteiger partial charge in [0.25, 0.3) is 0 Å². The van der Waals surface area contributed by atoms with Gasteiger partial charge in [0.05, 0.1) is 5.25 Å². The van der Waals surface area contributed by atoms with Gasteiger partial charge in [-0.15, -0.1) is 0 Å². The van der Waals surface area contributed by atoms with Crippen LogP contribution < -0.4 is 0 Å². The molecular weight excluding hydrogens is 228 g/mol. The van der Waals surface area contributed by atoms with Crippen LogP contribution in [-0.2, 0) is 14.6 Å². The van der Waals surface area contributed by atoms with E-state index in [4.69, 9.17) is 5.11 Å². The normalized spacial score (nSPS) is 33.3. The highest BCUT2D eigenvalue weighted by Gasteiger charge is 2.39. The molecule has 94 valence electrons. The molecule has 1 saturated carbocycles.